The molecule has 2 fully saturated rings. The number of carbonyl (C=O) groups is 1. The Bertz CT molecular complexity index is 586. The van der Waals surface area contributed by atoms with Crippen molar-refractivity contribution in [3.8, 4) is 5.88 Å². The largest absolute Gasteiger partial charge is 0.472 e. The summed E-state index contributed by atoms with van der Waals surface area (Å²) in [4.78, 5) is 24.9. The van der Waals surface area contributed by atoms with Crippen molar-refractivity contribution in [3.63, 3.8) is 0 Å². The van der Waals surface area contributed by atoms with Crippen LogP contribution >= 0.6 is 0 Å². The van der Waals surface area contributed by atoms with Crippen molar-refractivity contribution in [2.45, 2.75) is 31.8 Å². The van der Waals surface area contributed by atoms with E-state index in [1.807, 2.05) is 23.1 Å². The third-order valence-corrected chi connectivity index (χ3v) is 4.69. The van der Waals surface area contributed by atoms with Crippen LogP contribution in [0.3, 0.4) is 0 Å². The summed E-state index contributed by atoms with van der Waals surface area (Å²) in [7, 11) is 1.75. The maximum Gasteiger partial charge on any atom is 0.241 e. The predicted molar refractivity (Wildman–Crippen MR) is 96.6 cm³/mol. The van der Waals surface area contributed by atoms with E-state index < -0.39 is 0 Å². The molecule has 1 unspecified atom stereocenters. The number of aromatic nitrogens is 1. The number of piperidine rings is 1. The first kappa shape index (κ1) is 17.5. The highest BCUT2D eigenvalue weighted by Crippen LogP contribution is 2.16. The number of pyridine rings is 1. The second kappa shape index (κ2) is 8.69. The van der Waals surface area contributed by atoms with Gasteiger partial charge < -0.3 is 19.9 Å². The molecule has 0 saturated carbocycles. The number of aliphatic imine (C=N–C) groups is 1. The van der Waals surface area contributed by atoms with E-state index in [0.717, 1.165) is 51.4 Å². The first-order valence-electron chi connectivity index (χ1n) is 9.07. The lowest BCUT2D eigenvalue weighted by molar-refractivity contribution is -0.130. The van der Waals surface area contributed by atoms with Crippen LogP contribution in [0.25, 0.3) is 0 Å². The number of rotatable bonds is 4. The normalized spacial score (nSPS) is 21.3. The number of hydrogen-bond donors (Lipinski definition) is 1. The number of carbonyl (C=O) groups excluding carboxylic acids is 1. The van der Waals surface area contributed by atoms with Crippen LogP contribution in [0.5, 0.6) is 5.88 Å². The van der Waals surface area contributed by atoms with Crippen LogP contribution in [0.4, 0.5) is 0 Å². The molecule has 0 aromatic carbocycles. The van der Waals surface area contributed by atoms with E-state index in [1.165, 1.54) is 6.42 Å². The quantitative estimate of drug-likeness (QED) is 0.654. The highest BCUT2D eigenvalue weighted by atomic mass is 16.5. The molecule has 0 spiro atoms. The topological polar surface area (TPSA) is 70.1 Å². The van der Waals surface area contributed by atoms with Gasteiger partial charge in [0.05, 0.1) is 13.1 Å². The van der Waals surface area contributed by atoms with Gasteiger partial charge in [-0.05, 0) is 25.3 Å². The van der Waals surface area contributed by atoms with Crippen molar-refractivity contribution in [2.75, 3.05) is 39.8 Å². The maximum atomic E-state index is 12.3. The van der Waals surface area contributed by atoms with Gasteiger partial charge in [-0.2, -0.15) is 0 Å². The molecule has 0 aliphatic carbocycles. The van der Waals surface area contributed by atoms with E-state index in [-0.39, 0.29) is 12.0 Å². The molecule has 2 aliphatic heterocycles. The fourth-order valence-electron chi connectivity index (χ4n) is 3.35. The fraction of sp³-hybridized carbons (Fsp3) is 0.611. The van der Waals surface area contributed by atoms with Gasteiger partial charge in [-0.25, -0.2) is 4.98 Å². The van der Waals surface area contributed by atoms with Crippen LogP contribution in [0, 0.1) is 0 Å². The Morgan fingerprint density at radius 3 is 2.84 bits per heavy atom. The molecule has 3 heterocycles. The molecular weight excluding hydrogens is 318 g/mol. The molecule has 2 saturated heterocycles. The van der Waals surface area contributed by atoms with Crippen LogP contribution < -0.4 is 10.1 Å². The van der Waals surface area contributed by atoms with Crippen LogP contribution in [0.15, 0.2) is 29.4 Å². The van der Waals surface area contributed by atoms with E-state index in [9.17, 15) is 4.79 Å². The Morgan fingerprint density at radius 1 is 1.28 bits per heavy atom. The summed E-state index contributed by atoms with van der Waals surface area (Å²) in [5.74, 6) is 1.57. The van der Waals surface area contributed by atoms with Gasteiger partial charge in [-0.1, -0.05) is 6.07 Å². The molecule has 0 radical (unpaired) electrons. The summed E-state index contributed by atoms with van der Waals surface area (Å²) in [6, 6.07) is 5.66. The highest BCUT2D eigenvalue weighted by molar-refractivity contribution is 5.86. The molecule has 2 aliphatic rings. The van der Waals surface area contributed by atoms with Crippen molar-refractivity contribution >= 4 is 11.9 Å². The SMILES string of the molecule is CN=C(NCC(=O)N1CCCCC1)N1CCC(Oc2ccccn2)C1. The number of hydrogen-bond acceptors (Lipinski definition) is 4. The molecule has 25 heavy (non-hydrogen) atoms. The van der Waals surface area contributed by atoms with Crippen molar-refractivity contribution in [3.05, 3.63) is 24.4 Å². The average molecular weight is 345 g/mol. The van der Waals surface area contributed by atoms with Crippen LogP contribution in [-0.4, -0.2) is 72.5 Å². The minimum Gasteiger partial charge on any atom is -0.472 e. The third-order valence-electron chi connectivity index (χ3n) is 4.69. The Hall–Kier alpha value is -2.31. The van der Waals surface area contributed by atoms with Crippen LogP contribution in [-0.2, 0) is 4.79 Å². The molecule has 1 N–H and O–H groups in total. The minimum absolute atomic E-state index is 0.0891. The number of nitrogens with one attached hydrogen (secondary N) is 1. The number of guanidine groups is 1. The number of likely N-dealkylation sites (tertiary alicyclic amines) is 2. The molecule has 7 heteroatoms. The Labute approximate surface area is 149 Å². The van der Waals surface area contributed by atoms with Crippen molar-refractivity contribution < 1.29 is 9.53 Å². The van der Waals surface area contributed by atoms with E-state index in [0.29, 0.717) is 12.4 Å². The van der Waals surface area contributed by atoms with Gasteiger partial charge in [0.25, 0.3) is 0 Å². The predicted octanol–water partition coefficient (Wildman–Crippen LogP) is 1.12. The lowest BCUT2D eigenvalue weighted by Crippen LogP contribution is -2.47. The molecule has 0 bridgehead atoms. The molecule has 1 aromatic heterocycles. The molecule has 7 nitrogen and oxygen atoms in total. The van der Waals surface area contributed by atoms with Crippen molar-refractivity contribution in [2.24, 2.45) is 4.99 Å². The van der Waals surface area contributed by atoms with E-state index in [4.69, 9.17) is 4.74 Å². The van der Waals surface area contributed by atoms with Crippen molar-refractivity contribution in [1.29, 1.82) is 0 Å². The highest BCUT2D eigenvalue weighted by Gasteiger charge is 2.27. The van der Waals surface area contributed by atoms with Gasteiger partial charge in [0.1, 0.15) is 6.10 Å². The number of nitrogens with zero attached hydrogens (tertiary/aromatic N) is 4. The monoisotopic (exact) mass is 345 g/mol. The summed E-state index contributed by atoms with van der Waals surface area (Å²) in [5.41, 5.74) is 0. The van der Waals surface area contributed by atoms with Gasteiger partial charge in [-0.15, -0.1) is 0 Å². The van der Waals surface area contributed by atoms with Crippen molar-refractivity contribution in [1.82, 2.24) is 20.1 Å². The summed E-state index contributed by atoms with van der Waals surface area (Å²) >= 11 is 0. The zero-order valence-electron chi connectivity index (χ0n) is 14.9. The van der Waals surface area contributed by atoms with Gasteiger partial charge in [0, 0.05) is 45.4 Å². The lowest BCUT2D eigenvalue weighted by Gasteiger charge is -2.28. The van der Waals surface area contributed by atoms with E-state index in [1.54, 1.807) is 13.2 Å². The number of ether oxygens (including phenoxy) is 1. The first-order valence-corrected chi connectivity index (χ1v) is 9.07. The first-order chi connectivity index (χ1) is 12.3. The zero-order chi connectivity index (χ0) is 17.5. The van der Waals surface area contributed by atoms with Gasteiger partial charge in [0.2, 0.25) is 11.8 Å². The summed E-state index contributed by atoms with van der Waals surface area (Å²) in [6.07, 6.45) is 6.18. The molecule has 1 amide bonds. The molecular formula is C18H27N5O2. The molecule has 136 valence electrons. The smallest absolute Gasteiger partial charge is 0.241 e. The Kier molecular flexibility index (Phi) is 6.09. The molecule has 1 atom stereocenters. The standard InChI is InChI=1S/C18H27N5O2/c1-19-18(21-13-17(24)22-10-5-2-6-11-22)23-12-8-15(14-23)25-16-7-3-4-9-20-16/h3-4,7,9,15H,2,5-6,8,10-14H2,1H3,(H,19,21). The van der Waals surface area contributed by atoms with E-state index >= 15 is 0 Å². The third kappa shape index (κ3) is 4.84. The second-order valence-corrected chi connectivity index (χ2v) is 6.48. The molecule has 1 aromatic rings. The molecule has 3 rings (SSSR count). The summed E-state index contributed by atoms with van der Waals surface area (Å²) in [6.45, 7) is 3.66. The number of amides is 1. The van der Waals surface area contributed by atoms with Crippen LogP contribution in [0.2, 0.25) is 0 Å². The fourth-order valence-corrected chi connectivity index (χ4v) is 3.35. The minimum atomic E-state index is 0.0891. The zero-order valence-corrected chi connectivity index (χ0v) is 14.9. The Balaban J connectivity index is 1.46. The average Bonchev–Trinajstić information content (AvgIpc) is 3.12. The summed E-state index contributed by atoms with van der Waals surface area (Å²) in [5, 5.41) is 3.21. The lowest BCUT2D eigenvalue weighted by atomic mass is 10.1. The van der Waals surface area contributed by atoms with Crippen LogP contribution in [0.1, 0.15) is 25.7 Å². The van der Waals surface area contributed by atoms with Gasteiger partial charge in [-0.3, -0.25) is 9.79 Å². The van der Waals surface area contributed by atoms with E-state index in [2.05, 4.69) is 20.2 Å². The van der Waals surface area contributed by atoms with Gasteiger partial charge in [0.15, 0.2) is 5.96 Å². The second-order valence-electron chi connectivity index (χ2n) is 6.48. The maximum absolute atomic E-state index is 12.3. The summed E-state index contributed by atoms with van der Waals surface area (Å²) < 4.78 is 5.91. The van der Waals surface area contributed by atoms with Gasteiger partial charge >= 0.3 is 0 Å². The Morgan fingerprint density at radius 2 is 2.12 bits per heavy atom.